The molecule has 1 amide bonds. The third-order valence-corrected chi connectivity index (χ3v) is 4.63. The van der Waals surface area contributed by atoms with Gasteiger partial charge in [-0.15, -0.1) is 0 Å². The second kappa shape index (κ2) is 7.85. The zero-order chi connectivity index (χ0) is 13.5. The summed E-state index contributed by atoms with van der Waals surface area (Å²) in [5.74, 6) is 1.24. The molecule has 4 heteroatoms. The highest BCUT2D eigenvalue weighted by Crippen LogP contribution is 2.25. The van der Waals surface area contributed by atoms with Crippen molar-refractivity contribution in [2.24, 2.45) is 11.8 Å². The molecule has 1 aliphatic carbocycles. The molecule has 2 N–H and O–H groups in total. The fraction of sp³-hybridized carbons (Fsp3) is 0.933. The summed E-state index contributed by atoms with van der Waals surface area (Å²) in [6, 6.07) is 0. The first-order valence-electron chi connectivity index (χ1n) is 7.90. The zero-order valence-electron chi connectivity index (χ0n) is 11.9. The maximum atomic E-state index is 11.9. The summed E-state index contributed by atoms with van der Waals surface area (Å²) in [6.07, 6.45) is 7.86. The maximum absolute atomic E-state index is 11.9. The van der Waals surface area contributed by atoms with Crippen LogP contribution in [-0.2, 0) is 4.79 Å². The number of carbonyl (C=O) groups excluding carboxylic acids is 1. The molecule has 19 heavy (non-hydrogen) atoms. The number of nitrogens with zero attached hydrogens (tertiary/aromatic N) is 1. The molecule has 1 saturated carbocycles. The summed E-state index contributed by atoms with van der Waals surface area (Å²) in [4.78, 5) is 14.4. The van der Waals surface area contributed by atoms with E-state index in [1.807, 2.05) is 0 Å². The summed E-state index contributed by atoms with van der Waals surface area (Å²) in [5.41, 5.74) is 0. The Kier molecular flexibility index (Phi) is 6.11. The number of amides is 1. The molecule has 0 aromatic heterocycles. The highest BCUT2D eigenvalue weighted by atomic mass is 16.3. The van der Waals surface area contributed by atoms with Gasteiger partial charge in [0.05, 0.1) is 0 Å². The predicted molar refractivity (Wildman–Crippen MR) is 75.8 cm³/mol. The first-order chi connectivity index (χ1) is 9.29. The van der Waals surface area contributed by atoms with Crippen molar-refractivity contribution in [1.82, 2.24) is 10.2 Å². The number of hydrogen-bond acceptors (Lipinski definition) is 3. The van der Waals surface area contributed by atoms with Crippen molar-refractivity contribution in [1.29, 1.82) is 0 Å². The van der Waals surface area contributed by atoms with Crippen LogP contribution in [0.5, 0.6) is 0 Å². The average Bonchev–Trinajstić information content (AvgIpc) is 2.98. The molecule has 2 aliphatic rings. The van der Waals surface area contributed by atoms with Crippen LogP contribution >= 0.6 is 0 Å². The van der Waals surface area contributed by atoms with Crippen molar-refractivity contribution in [3.8, 4) is 0 Å². The first-order valence-corrected chi connectivity index (χ1v) is 7.90. The van der Waals surface area contributed by atoms with Gasteiger partial charge in [0.15, 0.2) is 0 Å². The largest absolute Gasteiger partial charge is 0.396 e. The third kappa shape index (κ3) is 4.77. The van der Waals surface area contributed by atoms with Gasteiger partial charge in [0.1, 0.15) is 0 Å². The molecule has 0 aromatic carbocycles. The molecule has 0 unspecified atom stereocenters. The summed E-state index contributed by atoms with van der Waals surface area (Å²) in [6.45, 7) is 4.39. The van der Waals surface area contributed by atoms with E-state index in [0.717, 1.165) is 45.4 Å². The average molecular weight is 268 g/mol. The Morgan fingerprint density at radius 3 is 2.47 bits per heavy atom. The lowest BCUT2D eigenvalue weighted by Gasteiger charge is -2.32. The van der Waals surface area contributed by atoms with Crippen LogP contribution in [0.3, 0.4) is 0 Å². The molecule has 1 aliphatic heterocycles. The molecule has 0 bridgehead atoms. The van der Waals surface area contributed by atoms with Crippen LogP contribution < -0.4 is 5.32 Å². The first kappa shape index (κ1) is 14.8. The van der Waals surface area contributed by atoms with Gasteiger partial charge in [-0.2, -0.15) is 0 Å². The third-order valence-electron chi connectivity index (χ3n) is 4.63. The number of rotatable bonds is 6. The van der Waals surface area contributed by atoms with E-state index in [1.165, 1.54) is 25.7 Å². The minimum atomic E-state index is 0.289. The molecular weight excluding hydrogens is 240 g/mol. The summed E-state index contributed by atoms with van der Waals surface area (Å²) in [5, 5.41) is 12.0. The fourth-order valence-electron chi connectivity index (χ4n) is 3.29. The summed E-state index contributed by atoms with van der Waals surface area (Å²) >= 11 is 0. The van der Waals surface area contributed by atoms with Crippen LogP contribution in [0, 0.1) is 11.8 Å². The van der Waals surface area contributed by atoms with Crippen LogP contribution in [0.2, 0.25) is 0 Å². The van der Waals surface area contributed by atoms with E-state index in [9.17, 15) is 4.79 Å². The lowest BCUT2D eigenvalue weighted by Crippen LogP contribution is -2.40. The molecule has 1 heterocycles. The Hall–Kier alpha value is -0.610. The minimum Gasteiger partial charge on any atom is -0.396 e. The second-order valence-corrected chi connectivity index (χ2v) is 6.09. The van der Waals surface area contributed by atoms with E-state index in [0.29, 0.717) is 17.7 Å². The van der Waals surface area contributed by atoms with Gasteiger partial charge < -0.3 is 15.3 Å². The predicted octanol–water partition coefficient (Wildman–Crippen LogP) is 1.39. The topological polar surface area (TPSA) is 52.6 Å². The molecule has 1 saturated heterocycles. The number of hydrogen-bond donors (Lipinski definition) is 2. The van der Waals surface area contributed by atoms with Gasteiger partial charge >= 0.3 is 0 Å². The van der Waals surface area contributed by atoms with Gasteiger partial charge in [-0.25, -0.2) is 0 Å². The van der Waals surface area contributed by atoms with Gasteiger partial charge in [0.2, 0.25) is 5.91 Å². The van der Waals surface area contributed by atoms with E-state index in [-0.39, 0.29) is 6.61 Å². The molecule has 4 nitrogen and oxygen atoms in total. The minimum absolute atomic E-state index is 0.289. The van der Waals surface area contributed by atoms with Crippen molar-refractivity contribution in [2.45, 2.75) is 44.9 Å². The van der Waals surface area contributed by atoms with Crippen LogP contribution in [0.1, 0.15) is 44.9 Å². The van der Waals surface area contributed by atoms with E-state index in [2.05, 4.69) is 10.2 Å². The van der Waals surface area contributed by atoms with Gasteiger partial charge in [0.25, 0.3) is 0 Å². The van der Waals surface area contributed by atoms with Gasteiger partial charge in [0, 0.05) is 25.6 Å². The number of aliphatic hydroxyl groups excluding tert-OH is 1. The number of likely N-dealkylation sites (tertiary alicyclic amines) is 1. The fourth-order valence-corrected chi connectivity index (χ4v) is 3.29. The lowest BCUT2D eigenvalue weighted by atomic mass is 9.96. The number of aliphatic hydroxyl groups is 1. The highest BCUT2D eigenvalue weighted by molar-refractivity contribution is 5.78. The van der Waals surface area contributed by atoms with Gasteiger partial charge in [-0.1, -0.05) is 12.8 Å². The molecule has 0 spiro atoms. The van der Waals surface area contributed by atoms with Crippen LogP contribution in [0.4, 0.5) is 0 Å². The van der Waals surface area contributed by atoms with Crippen molar-refractivity contribution in [3.05, 3.63) is 0 Å². The highest BCUT2D eigenvalue weighted by Gasteiger charge is 2.24. The number of piperidine rings is 1. The smallest absolute Gasteiger partial charge is 0.223 e. The second-order valence-electron chi connectivity index (χ2n) is 6.09. The summed E-state index contributed by atoms with van der Waals surface area (Å²) < 4.78 is 0. The normalized spacial score (nSPS) is 22.8. The molecule has 0 radical (unpaired) electrons. The zero-order valence-corrected chi connectivity index (χ0v) is 11.9. The Morgan fingerprint density at radius 1 is 1.16 bits per heavy atom. The standard InChI is InChI=1S/C15H28N2O2/c18-11-3-8-17-9-6-13(7-10-17)12-16-15(19)14-4-1-2-5-14/h13-14,18H,1-12H2,(H,16,19). The van der Waals surface area contributed by atoms with E-state index in [1.54, 1.807) is 0 Å². The van der Waals surface area contributed by atoms with Crippen molar-refractivity contribution >= 4 is 5.91 Å². The van der Waals surface area contributed by atoms with E-state index < -0.39 is 0 Å². The van der Waals surface area contributed by atoms with Crippen molar-refractivity contribution in [2.75, 3.05) is 32.8 Å². The van der Waals surface area contributed by atoms with Crippen LogP contribution in [0.15, 0.2) is 0 Å². The molecule has 0 atom stereocenters. The monoisotopic (exact) mass is 268 g/mol. The molecule has 2 rings (SSSR count). The molecular formula is C15H28N2O2. The lowest BCUT2D eigenvalue weighted by molar-refractivity contribution is -0.125. The van der Waals surface area contributed by atoms with Crippen LogP contribution in [0.25, 0.3) is 0 Å². The van der Waals surface area contributed by atoms with Crippen molar-refractivity contribution in [3.63, 3.8) is 0 Å². The molecule has 0 aromatic rings. The SMILES string of the molecule is O=C(NCC1CCN(CCCO)CC1)C1CCCC1. The Labute approximate surface area is 116 Å². The maximum Gasteiger partial charge on any atom is 0.223 e. The van der Waals surface area contributed by atoms with E-state index in [4.69, 9.17) is 5.11 Å². The van der Waals surface area contributed by atoms with Gasteiger partial charge in [-0.3, -0.25) is 4.79 Å². The number of nitrogens with one attached hydrogen (secondary N) is 1. The van der Waals surface area contributed by atoms with Crippen molar-refractivity contribution < 1.29 is 9.90 Å². The Balaban J connectivity index is 1.58. The molecule has 2 fully saturated rings. The Bertz CT molecular complexity index is 269. The summed E-state index contributed by atoms with van der Waals surface area (Å²) in [7, 11) is 0. The molecule has 110 valence electrons. The van der Waals surface area contributed by atoms with Gasteiger partial charge in [-0.05, 0) is 51.1 Å². The number of carbonyl (C=O) groups is 1. The van der Waals surface area contributed by atoms with Crippen LogP contribution in [-0.4, -0.2) is 48.7 Å². The quantitative estimate of drug-likeness (QED) is 0.765. The Morgan fingerprint density at radius 2 is 1.84 bits per heavy atom. The van der Waals surface area contributed by atoms with E-state index >= 15 is 0 Å².